The monoisotopic (exact) mass is 686 g/mol. The van der Waals surface area contributed by atoms with Gasteiger partial charge < -0.3 is 13.6 Å². The number of halogens is 2. The van der Waals surface area contributed by atoms with Gasteiger partial charge in [-0.3, -0.25) is 14.2 Å². The molecule has 1 saturated heterocycles. The maximum Gasteiger partial charge on any atom is 0.340 e. The maximum absolute atomic E-state index is 15.4. The van der Waals surface area contributed by atoms with E-state index in [0.717, 1.165) is 10.6 Å². The number of carbonyl (C=O) groups is 1. The molecule has 1 aromatic heterocycles. The molecule has 0 aliphatic carbocycles. The quantitative estimate of drug-likeness (QED) is 0.226. The van der Waals surface area contributed by atoms with Crippen LogP contribution in [0.25, 0.3) is 11.3 Å². The fourth-order valence-electron chi connectivity index (χ4n) is 5.10. The second-order valence-corrected chi connectivity index (χ2v) is 25.0. The van der Waals surface area contributed by atoms with Crippen LogP contribution in [0.15, 0.2) is 58.1 Å². The summed E-state index contributed by atoms with van der Waals surface area (Å²) >= 11 is 0. The lowest BCUT2D eigenvalue weighted by atomic mass is 10.1. The number of hydrogen-bond donors (Lipinski definition) is 0. The Kier molecular flexibility index (Phi) is 10.3. The zero-order chi connectivity index (χ0) is 35.3. The SMILES string of the molecule is Cc1c(-c2ccc(F)cc2F)n([C@H]2C[C@H](O[Si](C)(C)C(C)(C)C)[C@@H](CO[Si](C)(C)C(C)(C)C)O2)c(=O)n(C(=O)c2ccccc2)c1=O. The molecule has 0 spiro atoms. The lowest BCUT2D eigenvalue weighted by Gasteiger charge is -2.40. The summed E-state index contributed by atoms with van der Waals surface area (Å²) in [5.74, 6) is -2.60. The molecule has 3 aromatic rings. The average Bonchev–Trinajstić information content (AvgIpc) is 3.34. The van der Waals surface area contributed by atoms with Gasteiger partial charge in [-0.15, -0.1) is 0 Å². The van der Waals surface area contributed by atoms with Crippen molar-refractivity contribution in [1.29, 1.82) is 0 Å². The molecule has 0 saturated carbocycles. The topological polar surface area (TPSA) is 88.8 Å². The van der Waals surface area contributed by atoms with E-state index in [1.54, 1.807) is 18.2 Å². The van der Waals surface area contributed by atoms with Gasteiger partial charge in [0.1, 0.15) is 24.0 Å². The van der Waals surface area contributed by atoms with Crippen LogP contribution in [0.5, 0.6) is 0 Å². The Balaban J connectivity index is 1.93. The predicted octanol–water partition coefficient (Wildman–Crippen LogP) is 7.65. The standard InChI is InChI=1S/C35H48F2N2O6Si2/c1-22-30(25-18-17-24(36)19-26(25)37)38(33(42)39(31(22)40)32(41)23-15-13-12-14-16-23)29-20-27(45-47(10,11)35(5,6)7)28(44-29)21-43-46(8,9)34(2,3)4/h12-19,27-29H,20-21H2,1-11H3/t27-,28+,29+/m0/s1. The number of carbonyl (C=O) groups excluding carboxylic acids is 1. The van der Waals surface area contributed by atoms with E-state index in [-0.39, 0.29) is 45.5 Å². The van der Waals surface area contributed by atoms with Crippen molar-refractivity contribution in [3.8, 4) is 11.3 Å². The summed E-state index contributed by atoms with van der Waals surface area (Å²) in [6.45, 7) is 22.9. The van der Waals surface area contributed by atoms with Crippen LogP contribution in [0, 0.1) is 18.6 Å². The Labute approximate surface area is 277 Å². The van der Waals surface area contributed by atoms with Crippen molar-refractivity contribution < 1.29 is 27.2 Å². The van der Waals surface area contributed by atoms with Crippen molar-refractivity contribution in [1.82, 2.24) is 9.13 Å². The number of hydrogen-bond acceptors (Lipinski definition) is 6. The number of ether oxygens (including phenoxy) is 1. The molecule has 8 nitrogen and oxygen atoms in total. The van der Waals surface area contributed by atoms with Gasteiger partial charge in [0, 0.05) is 29.2 Å². The largest absolute Gasteiger partial charge is 0.414 e. The Hall–Kier alpha value is -3.04. The van der Waals surface area contributed by atoms with Crippen LogP contribution >= 0.6 is 0 Å². The molecule has 1 aliphatic heterocycles. The van der Waals surface area contributed by atoms with Crippen LogP contribution in [0.1, 0.15) is 70.1 Å². The highest BCUT2D eigenvalue weighted by molar-refractivity contribution is 6.74. The smallest absolute Gasteiger partial charge is 0.340 e. The summed E-state index contributed by atoms with van der Waals surface area (Å²) in [7, 11) is -4.61. The number of benzene rings is 2. The number of rotatable bonds is 8. The van der Waals surface area contributed by atoms with E-state index in [0.29, 0.717) is 10.6 Å². The summed E-state index contributed by atoms with van der Waals surface area (Å²) in [4.78, 5) is 41.8. The lowest BCUT2D eigenvalue weighted by Crippen LogP contribution is -2.48. The molecule has 4 rings (SSSR count). The van der Waals surface area contributed by atoms with Gasteiger partial charge in [-0.05, 0) is 67.5 Å². The summed E-state index contributed by atoms with van der Waals surface area (Å²) in [6, 6.07) is 10.9. The first kappa shape index (κ1) is 36.8. The summed E-state index contributed by atoms with van der Waals surface area (Å²) < 4.78 is 51.2. The second-order valence-electron chi connectivity index (χ2n) is 15.4. The number of aromatic nitrogens is 2. The van der Waals surface area contributed by atoms with Crippen LogP contribution in [0.4, 0.5) is 8.78 Å². The second kappa shape index (κ2) is 13.1. The average molecular weight is 687 g/mol. The highest BCUT2D eigenvalue weighted by Gasteiger charge is 2.47. The van der Waals surface area contributed by atoms with Gasteiger partial charge in [0.05, 0.1) is 18.4 Å². The molecule has 0 radical (unpaired) electrons. The maximum atomic E-state index is 15.4. The zero-order valence-corrected chi connectivity index (χ0v) is 31.4. The van der Waals surface area contributed by atoms with Gasteiger partial charge in [0.15, 0.2) is 16.6 Å². The van der Waals surface area contributed by atoms with Gasteiger partial charge in [0.25, 0.3) is 11.5 Å². The molecule has 0 bridgehead atoms. The van der Waals surface area contributed by atoms with Crippen LogP contribution in [0.2, 0.25) is 36.3 Å². The number of nitrogens with zero attached hydrogens (tertiary/aromatic N) is 2. The van der Waals surface area contributed by atoms with E-state index < -0.39 is 63.9 Å². The predicted molar refractivity (Wildman–Crippen MR) is 185 cm³/mol. The van der Waals surface area contributed by atoms with Crippen molar-refractivity contribution in [2.24, 2.45) is 0 Å². The first-order chi connectivity index (χ1) is 21.6. The highest BCUT2D eigenvalue weighted by Crippen LogP contribution is 2.43. The molecule has 0 unspecified atom stereocenters. The van der Waals surface area contributed by atoms with Gasteiger partial charge in [0.2, 0.25) is 0 Å². The Morgan fingerprint density at radius 3 is 2.09 bits per heavy atom. The molecule has 3 atom stereocenters. The Morgan fingerprint density at radius 2 is 1.53 bits per heavy atom. The summed E-state index contributed by atoms with van der Waals surface area (Å²) in [6.07, 6.45) is -2.00. The van der Waals surface area contributed by atoms with E-state index in [1.165, 1.54) is 25.1 Å². The molecule has 256 valence electrons. The minimum atomic E-state index is -2.38. The molecule has 0 amide bonds. The van der Waals surface area contributed by atoms with Crippen LogP contribution in [-0.2, 0) is 13.6 Å². The molecule has 12 heteroatoms. The molecular weight excluding hydrogens is 639 g/mol. The van der Waals surface area contributed by atoms with Crippen molar-refractivity contribution in [2.45, 2.75) is 110 Å². The Morgan fingerprint density at radius 1 is 0.936 bits per heavy atom. The van der Waals surface area contributed by atoms with Crippen molar-refractivity contribution in [2.75, 3.05) is 6.61 Å². The molecule has 1 aliphatic rings. The third-order valence-electron chi connectivity index (χ3n) is 10.1. The fourth-order valence-corrected chi connectivity index (χ4v) is 7.48. The molecular formula is C35H48F2N2O6Si2. The van der Waals surface area contributed by atoms with Crippen molar-refractivity contribution >= 4 is 22.5 Å². The minimum Gasteiger partial charge on any atom is -0.414 e. The van der Waals surface area contributed by atoms with Crippen molar-refractivity contribution in [3.05, 3.63) is 92.1 Å². The molecule has 2 aromatic carbocycles. The molecule has 0 N–H and O–H groups in total. The van der Waals surface area contributed by atoms with E-state index in [4.69, 9.17) is 13.6 Å². The molecule has 47 heavy (non-hydrogen) atoms. The van der Waals surface area contributed by atoms with E-state index in [1.807, 2.05) is 0 Å². The van der Waals surface area contributed by atoms with Gasteiger partial charge >= 0.3 is 5.69 Å². The summed E-state index contributed by atoms with van der Waals surface area (Å²) in [5.41, 5.74) is -2.07. The lowest BCUT2D eigenvalue weighted by molar-refractivity contribution is -0.0409. The van der Waals surface area contributed by atoms with Crippen LogP contribution in [-0.4, -0.2) is 50.5 Å². The van der Waals surface area contributed by atoms with Gasteiger partial charge in [-0.1, -0.05) is 59.7 Å². The molecule has 2 heterocycles. The first-order valence-corrected chi connectivity index (χ1v) is 21.8. The zero-order valence-electron chi connectivity index (χ0n) is 29.4. The summed E-state index contributed by atoms with van der Waals surface area (Å²) in [5, 5.41) is -0.212. The normalized spacial score (nSPS) is 19.3. The van der Waals surface area contributed by atoms with Crippen LogP contribution in [0.3, 0.4) is 0 Å². The van der Waals surface area contributed by atoms with Gasteiger partial charge in [-0.25, -0.2) is 13.6 Å². The third-order valence-corrected chi connectivity index (χ3v) is 19.1. The molecule has 1 fully saturated rings. The van der Waals surface area contributed by atoms with Crippen molar-refractivity contribution in [3.63, 3.8) is 0 Å². The van der Waals surface area contributed by atoms with E-state index >= 15 is 4.39 Å². The van der Waals surface area contributed by atoms with E-state index in [2.05, 4.69) is 67.7 Å². The fraction of sp³-hybridized carbons (Fsp3) is 0.514. The first-order valence-electron chi connectivity index (χ1n) is 16.0. The van der Waals surface area contributed by atoms with Gasteiger partial charge in [-0.2, -0.15) is 4.57 Å². The Bertz CT molecular complexity index is 1760. The highest BCUT2D eigenvalue weighted by atomic mass is 28.4. The van der Waals surface area contributed by atoms with E-state index in [9.17, 15) is 18.8 Å². The van der Waals surface area contributed by atoms with Crippen LogP contribution < -0.4 is 11.2 Å². The minimum absolute atomic E-state index is 0.0640. The third kappa shape index (κ3) is 7.36.